The molecule has 2 aromatic heterocycles. The van der Waals surface area contributed by atoms with Gasteiger partial charge >= 0.3 is 0 Å². The Morgan fingerprint density at radius 1 is 1.03 bits per heavy atom. The number of benzene rings is 2. The normalized spacial score (nSPS) is 11.8. The van der Waals surface area contributed by atoms with E-state index in [0.29, 0.717) is 23.5 Å². The molecular weight excluding hydrogens is 403 g/mol. The molecule has 6 nitrogen and oxygen atoms in total. The van der Waals surface area contributed by atoms with Crippen LogP contribution in [-0.2, 0) is 23.1 Å². The lowest BCUT2D eigenvalue weighted by molar-refractivity contribution is 0.576. The highest BCUT2D eigenvalue weighted by atomic mass is 32.2. The summed E-state index contributed by atoms with van der Waals surface area (Å²) < 4.78 is 43.4. The zero-order chi connectivity index (χ0) is 21.3. The highest BCUT2D eigenvalue weighted by Crippen LogP contribution is 2.18. The molecule has 0 aliphatic rings. The second-order valence-corrected chi connectivity index (χ2v) is 9.00. The summed E-state index contributed by atoms with van der Waals surface area (Å²) in [5.41, 5.74) is 3.92. The number of halogens is 1. The lowest BCUT2D eigenvalue weighted by atomic mass is 10.2. The summed E-state index contributed by atoms with van der Waals surface area (Å²) >= 11 is 0. The number of hydrogen-bond donors (Lipinski definition) is 1. The van der Waals surface area contributed by atoms with Crippen LogP contribution in [0.2, 0.25) is 0 Å². The first-order valence-corrected chi connectivity index (χ1v) is 10.9. The van der Waals surface area contributed by atoms with Gasteiger partial charge in [-0.2, -0.15) is 0 Å². The maximum atomic E-state index is 13.3. The smallest absolute Gasteiger partial charge is 0.240 e. The SMILES string of the molecule is Cc1cc(C)cc(S(=O)(=O)NCc2nc3cccnc3n2Cc2ccc(F)cc2)c1. The second-order valence-electron chi connectivity index (χ2n) is 7.23. The van der Waals surface area contributed by atoms with E-state index in [1.807, 2.05) is 30.5 Å². The van der Waals surface area contributed by atoms with E-state index in [1.54, 1.807) is 36.5 Å². The number of aryl methyl sites for hydroxylation is 2. The quantitative estimate of drug-likeness (QED) is 0.512. The van der Waals surface area contributed by atoms with Gasteiger partial charge in [0.15, 0.2) is 5.65 Å². The average molecular weight is 425 g/mol. The van der Waals surface area contributed by atoms with Crippen molar-refractivity contribution in [1.29, 1.82) is 0 Å². The lowest BCUT2D eigenvalue weighted by Crippen LogP contribution is -2.25. The van der Waals surface area contributed by atoms with E-state index in [-0.39, 0.29) is 17.3 Å². The Hall–Kier alpha value is -3.10. The Morgan fingerprint density at radius 2 is 1.73 bits per heavy atom. The molecule has 0 amide bonds. The number of nitrogens with zero attached hydrogens (tertiary/aromatic N) is 3. The van der Waals surface area contributed by atoms with E-state index in [4.69, 9.17) is 0 Å². The van der Waals surface area contributed by atoms with Gasteiger partial charge in [-0.3, -0.25) is 0 Å². The highest BCUT2D eigenvalue weighted by molar-refractivity contribution is 7.89. The molecule has 1 N–H and O–H groups in total. The monoisotopic (exact) mass is 424 g/mol. The van der Waals surface area contributed by atoms with Crippen LogP contribution in [0.25, 0.3) is 11.2 Å². The van der Waals surface area contributed by atoms with Crippen molar-refractivity contribution in [3.8, 4) is 0 Å². The largest absolute Gasteiger partial charge is 0.307 e. The molecular formula is C22H21FN4O2S. The van der Waals surface area contributed by atoms with Crippen molar-refractivity contribution in [3.05, 3.63) is 89.1 Å². The molecule has 0 fully saturated rings. The van der Waals surface area contributed by atoms with Crippen LogP contribution in [0.5, 0.6) is 0 Å². The van der Waals surface area contributed by atoms with Crippen molar-refractivity contribution in [3.63, 3.8) is 0 Å². The van der Waals surface area contributed by atoms with Crippen molar-refractivity contribution in [2.45, 2.75) is 31.8 Å². The molecule has 0 spiro atoms. The predicted octanol–water partition coefficient (Wildman–Crippen LogP) is 3.71. The van der Waals surface area contributed by atoms with Crippen molar-refractivity contribution in [1.82, 2.24) is 19.3 Å². The summed E-state index contributed by atoms with van der Waals surface area (Å²) in [6.07, 6.45) is 1.66. The van der Waals surface area contributed by atoms with Crippen LogP contribution in [0.3, 0.4) is 0 Å². The summed E-state index contributed by atoms with van der Waals surface area (Å²) in [7, 11) is -3.71. The Kier molecular flexibility index (Phi) is 5.36. The molecule has 4 rings (SSSR count). The van der Waals surface area contributed by atoms with Crippen LogP contribution < -0.4 is 4.72 Å². The zero-order valence-corrected chi connectivity index (χ0v) is 17.4. The molecule has 0 radical (unpaired) electrons. The van der Waals surface area contributed by atoms with Gasteiger partial charge in [0.1, 0.15) is 17.2 Å². The van der Waals surface area contributed by atoms with Crippen molar-refractivity contribution < 1.29 is 12.8 Å². The molecule has 0 saturated carbocycles. The third-order valence-corrected chi connectivity index (χ3v) is 6.14. The van der Waals surface area contributed by atoms with Gasteiger partial charge < -0.3 is 4.57 Å². The molecule has 8 heteroatoms. The Labute approximate surface area is 174 Å². The van der Waals surface area contributed by atoms with Crippen molar-refractivity contribution in [2.75, 3.05) is 0 Å². The fourth-order valence-electron chi connectivity index (χ4n) is 3.41. The van der Waals surface area contributed by atoms with E-state index < -0.39 is 10.0 Å². The Bertz CT molecular complexity index is 1290. The fraction of sp³-hybridized carbons (Fsp3) is 0.182. The highest BCUT2D eigenvalue weighted by Gasteiger charge is 2.18. The number of imidazole rings is 1. The third kappa shape index (κ3) is 4.24. The average Bonchev–Trinajstić information content (AvgIpc) is 3.05. The number of aromatic nitrogens is 3. The molecule has 0 atom stereocenters. The topological polar surface area (TPSA) is 76.9 Å². The first-order valence-electron chi connectivity index (χ1n) is 9.44. The van der Waals surface area contributed by atoms with Crippen LogP contribution in [0, 0.1) is 19.7 Å². The van der Waals surface area contributed by atoms with Gasteiger partial charge in [0, 0.05) is 6.20 Å². The summed E-state index contributed by atoms with van der Waals surface area (Å²) in [6, 6.07) is 15.0. The maximum absolute atomic E-state index is 13.3. The van der Waals surface area contributed by atoms with Gasteiger partial charge in [0.05, 0.1) is 18.0 Å². The minimum atomic E-state index is -3.71. The molecule has 0 aliphatic heterocycles. The Balaban J connectivity index is 1.66. The summed E-state index contributed by atoms with van der Waals surface area (Å²) in [5, 5.41) is 0. The molecule has 0 bridgehead atoms. The number of rotatable bonds is 6. The molecule has 0 unspecified atom stereocenters. The molecule has 30 heavy (non-hydrogen) atoms. The molecule has 0 aliphatic carbocycles. The lowest BCUT2D eigenvalue weighted by Gasteiger charge is -2.11. The first kappa shape index (κ1) is 20.2. The maximum Gasteiger partial charge on any atom is 0.240 e. The third-order valence-electron chi connectivity index (χ3n) is 4.76. The van der Waals surface area contributed by atoms with Crippen LogP contribution in [-0.4, -0.2) is 23.0 Å². The van der Waals surface area contributed by atoms with Crippen molar-refractivity contribution in [2.24, 2.45) is 0 Å². The molecule has 4 aromatic rings. The minimum Gasteiger partial charge on any atom is -0.307 e. The van der Waals surface area contributed by atoms with E-state index in [1.165, 1.54) is 12.1 Å². The number of nitrogens with one attached hydrogen (secondary N) is 1. The van der Waals surface area contributed by atoms with E-state index in [0.717, 1.165) is 16.7 Å². The first-order chi connectivity index (χ1) is 14.3. The minimum absolute atomic E-state index is 0.00682. The Morgan fingerprint density at radius 3 is 2.43 bits per heavy atom. The van der Waals surface area contributed by atoms with E-state index in [2.05, 4.69) is 14.7 Å². The van der Waals surface area contributed by atoms with E-state index in [9.17, 15) is 12.8 Å². The second kappa shape index (κ2) is 7.97. The van der Waals surface area contributed by atoms with Gasteiger partial charge in [-0.25, -0.2) is 27.5 Å². The van der Waals surface area contributed by atoms with Crippen molar-refractivity contribution >= 4 is 21.2 Å². The number of sulfonamides is 1. The van der Waals surface area contributed by atoms with Gasteiger partial charge in [-0.05, 0) is 66.9 Å². The summed E-state index contributed by atoms with van der Waals surface area (Å²) in [5.74, 6) is 0.217. The number of pyridine rings is 1. The van der Waals surface area contributed by atoms with Gasteiger partial charge in [-0.1, -0.05) is 18.2 Å². The molecule has 2 aromatic carbocycles. The molecule has 2 heterocycles. The van der Waals surface area contributed by atoms with E-state index >= 15 is 0 Å². The van der Waals surface area contributed by atoms with Crippen LogP contribution >= 0.6 is 0 Å². The summed E-state index contributed by atoms with van der Waals surface area (Å²) in [6.45, 7) is 4.13. The molecule has 0 saturated heterocycles. The van der Waals surface area contributed by atoms with Gasteiger partial charge in [-0.15, -0.1) is 0 Å². The standard InChI is InChI=1S/C22H21FN4O2S/c1-15-10-16(2)12-19(11-15)30(28,29)25-13-21-26-20-4-3-9-24-22(20)27(21)14-17-5-7-18(23)8-6-17/h3-12,25H,13-14H2,1-2H3. The molecule has 154 valence electrons. The van der Waals surface area contributed by atoms with Gasteiger partial charge in [0.2, 0.25) is 10.0 Å². The van der Waals surface area contributed by atoms with Crippen LogP contribution in [0.4, 0.5) is 4.39 Å². The van der Waals surface area contributed by atoms with Gasteiger partial charge in [0.25, 0.3) is 0 Å². The zero-order valence-electron chi connectivity index (χ0n) is 16.6. The van der Waals surface area contributed by atoms with Crippen LogP contribution in [0.15, 0.2) is 65.7 Å². The predicted molar refractivity (Wildman–Crippen MR) is 113 cm³/mol. The van der Waals surface area contributed by atoms with Crippen LogP contribution in [0.1, 0.15) is 22.5 Å². The number of hydrogen-bond acceptors (Lipinski definition) is 4. The summed E-state index contributed by atoms with van der Waals surface area (Å²) in [4.78, 5) is 9.17. The fourth-order valence-corrected chi connectivity index (χ4v) is 4.58. The number of fused-ring (bicyclic) bond motifs is 1.